The molecule has 2 aromatic rings. The monoisotopic (exact) mass is 497 g/mol. The number of carbonyl (C=O) groups excluding carboxylic acids is 2. The number of nitrogens with one attached hydrogen (secondary N) is 1. The van der Waals surface area contributed by atoms with E-state index >= 15 is 0 Å². The van der Waals surface area contributed by atoms with Crippen LogP contribution < -0.4 is 10.1 Å². The fourth-order valence-electron chi connectivity index (χ4n) is 2.39. The zero-order valence-electron chi connectivity index (χ0n) is 17.4. The maximum Gasteiger partial charge on any atom is 0.416 e. The largest absolute Gasteiger partial charge is 0.457 e. The number of amides is 1. The molecule has 12 heteroatoms. The summed E-state index contributed by atoms with van der Waals surface area (Å²) in [5, 5.41) is 2.03. The van der Waals surface area contributed by atoms with Gasteiger partial charge >= 0.3 is 18.3 Å². The molecule has 0 saturated heterocycles. The molecule has 0 bridgehead atoms. The van der Waals surface area contributed by atoms with E-state index in [4.69, 9.17) is 21.1 Å². The van der Waals surface area contributed by atoms with E-state index in [1.54, 1.807) is 20.8 Å². The molecule has 0 aliphatic heterocycles. The minimum atomic E-state index is -5.08. The lowest BCUT2D eigenvalue weighted by Crippen LogP contribution is -2.25. The highest BCUT2D eigenvalue weighted by Crippen LogP contribution is 2.38. The molecule has 0 aliphatic rings. The molecule has 2 aromatic carbocycles. The molecule has 180 valence electrons. The van der Waals surface area contributed by atoms with Crippen LogP contribution in [0.25, 0.3) is 0 Å². The zero-order chi connectivity index (χ0) is 25.2. The second kappa shape index (κ2) is 9.50. The number of carbonyl (C=O) groups is 2. The van der Waals surface area contributed by atoms with E-state index in [1.165, 1.54) is 12.1 Å². The van der Waals surface area contributed by atoms with Gasteiger partial charge in [-0.15, -0.1) is 0 Å². The molecule has 33 heavy (non-hydrogen) atoms. The number of hydrogen-bond donors (Lipinski definition) is 1. The van der Waals surface area contributed by atoms with Crippen LogP contribution in [0.3, 0.4) is 0 Å². The van der Waals surface area contributed by atoms with Crippen molar-refractivity contribution >= 4 is 29.2 Å². The first kappa shape index (κ1) is 26.3. The Balaban J connectivity index is 2.31. The Morgan fingerprint density at radius 1 is 0.909 bits per heavy atom. The van der Waals surface area contributed by atoms with Gasteiger partial charge in [-0.25, -0.2) is 0 Å². The normalized spacial score (nSPS) is 12.3. The molecule has 0 spiro atoms. The summed E-state index contributed by atoms with van der Waals surface area (Å²) in [5.41, 5.74) is -5.07. The maximum atomic E-state index is 13.0. The fraction of sp³-hybridized carbons (Fsp3) is 0.333. The van der Waals surface area contributed by atoms with Crippen LogP contribution in [0, 0.1) is 5.41 Å². The summed E-state index contributed by atoms with van der Waals surface area (Å²) in [5.74, 6) is -1.87. The Hall–Kier alpha value is -2.95. The summed E-state index contributed by atoms with van der Waals surface area (Å²) >= 11 is 5.86. The standard InChI is InChI=1S/C21H18ClF6NO4/c1-19(2,3)18(31)33-10-32-16-5-4-13(22)9-15(16)17(30)29-14-7-11(20(23,24)25)6-12(8-14)21(26,27)28/h4-9H,10H2,1-3H3,(H,29,30). The third-order valence-electron chi connectivity index (χ3n) is 4.05. The van der Waals surface area contributed by atoms with E-state index in [0.29, 0.717) is 12.1 Å². The molecule has 5 nitrogen and oxygen atoms in total. The van der Waals surface area contributed by atoms with Crippen LogP contribution in [0.15, 0.2) is 36.4 Å². The Labute approximate surface area is 189 Å². The highest BCUT2D eigenvalue weighted by Gasteiger charge is 2.37. The summed E-state index contributed by atoms with van der Waals surface area (Å²) in [6.45, 7) is 4.20. The maximum absolute atomic E-state index is 13.0. The molecule has 0 saturated carbocycles. The molecule has 0 unspecified atom stereocenters. The number of halogens is 7. The molecule has 0 fully saturated rings. The van der Waals surface area contributed by atoms with Crippen molar-refractivity contribution in [1.82, 2.24) is 0 Å². The minimum Gasteiger partial charge on any atom is -0.457 e. The van der Waals surface area contributed by atoms with Gasteiger partial charge in [-0.3, -0.25) is 9.59 Å². The van der Waals surface area contributed by atoms with E-state index in [2.05, 4.69) is 0 Å². The molecule has 0 aromatic heterocycles. The number of alkyl halides is 6. The average molecular weight is 498 g/mol. The zero-order valence-corrected chi connectivity index (χ0v) is 18.2. The summed E-state index contributed by atoms with van der Waals surface area (Å²) in [4.78, 5) is 24.5. The van der Waals surface area contributed by atoms with Crippen molar-refractivity contribution in [2.45, 2.75) is 33.1 Å². The predicted molar refractivity (Wildman–Crippen MR) is 107 cm³/mol. The van der Waals surface area contributed by atoms with Gasteiger partial charge in [-0.2, -0.15) is 26.3 Å². The molecule has 0 aliphatic carbocycles. The molecule has 0 atom stereocenters. The van der Waals surface area contributed by atoms with Crippen molar-refractivity contribution in [3.8, 4) is 5.75 Å². The van der Waals surface area contributed by atoms with E-state index in [1.807, 2.05) is 5.32 Å². The number of esters is 1. The first-order valence-corrected chi connectivity index (χ1v) is 9.56. The van der Waals surface area contributed by atoms with Gasteiger partial charge in [0.25, 0.3) is 5.91 Å². The molecule has 0 heterocycles. The Bertz CT molecular complexity index is 1010. The van der Waals surface area contributed by atoms with Gasteiger partial charge in [0.05, 0.1) is 22.1 Å². The van der Waals surface area contributed by atoms with Crippen molar-refractivity contribution in [1.29, 1.82) is 0 Å². The van der Waals surface area contributed by atoms with Gasteiger partial charge in [0.1, 0.15) is 5.75 Å². The van der Waals surface area contributed by atoms with E-state index in [9.17, 15) is 35.9 Å². The van der Waals surface area contributed by atoms with E-state index < -0.39 is 53.3 Å². The van der Waals surface area contributed by atoms with Crippen molar-refractivity contribution in [3.63, 3.8) is 0 Å². The SMILES string of the molecule is CC(C)(C)C(=O)OCOc1ccc(Cl)cc1C(=O)Nc1cc(C(F)(F)F)cc(C(F)(F)F)c1. The average Bonchev–Trinajstić information content (AvgIpc) is 2.66. The van der Waals surface area contributed by atoms with Gasteiger partial charge in [0.2, 0.25) is 6.79 Å². The highest BCUT2D eigenvalue weighted by atomic mass is 35.5. The molecule has 1 N–H and O–H groups in total. The lowest BCUT2D eigenvalue weighted by Gasteiger charge is -2.18. The third-order valence-corrected chi connectivity index (χ3v) is 4.28. The van der Waals surface area contributed by atoms with Gasteiger partial charge in [0.15, 0.2) is 0 Å². The van der Waals surface area contributed by atoms with Gasteiger partial charge in [-0.1, -0.05) is 11.6 Å². The number of ether oxygens (including phenoxy) is 2. The van der Waals surface area contributed by atoms with Crippen molar-refractivity contribution < 1.29 is 45.4 Å². The van der Waals surface area contributed by atoms with Crippen LogP contribution in [0.2, 0.25) is 5.02 Å². The number of anilines is 1. The molecule has 2 rings (SSSR count). The van der Waals surface area contributed by atoms with E-state index in [0.717, 1.165) is 6.07 Å². The highest BCUT2D eigenvalue weighted by molar-refractivity contribution is 6.31. The smallest absolute Gasteiger partial charge is 0.416 e. The summed E-state index contributed by atoms with van der Waals surface area (Å²) in [6, 6.07) is 4.32. The third kappa shape index (κ3) is 7.28. The second-order valence-electron chi connectivity index (χ2n) is 7.83. The summed E-state index contributed by atoms with van der Waals surface area (Å²) < 4.78 is 88.4. The number of hydrogen-bond acceptors (Lipinski definition) is 4. The Kier molecular flexibility index (Phi) is 7.57. The summed E-state index contributed by atoms with van der Waals surface area (Å²) in [6.07, 6.45) is -10.2. The molecule has 0 radical (unpaired) electrons. The van der Waals surface area contributed by atoms with Crippen molar-refractivity contribution in [3.05, 3.63) is 58.1 Å². The molecule has 1 amide bonds. The first-order chi connectivity index (χ1) is 15.0. The fourth-order valence-corrected chi connectivity index (χ4v) is 2.57. The van der Waals surface area contributed by atoms with Gasteiger partial charge in [0, 0.05) is 10.7 Å². The van der Waals surface area contributed by atoms with Gasteiger partial charge < -0.3 is 14.8 Å². The van der Waals surface area contributed by atoms with Crippen molar-refractivity contribution in [2.24, 2.45) is 5.41 Å². The van der Waals surface area contributed by atoms with Crippen LogP contribution in [0.4, 0.5) is 32.0 Å². The van der Waals surface area contributed by atoms with E-state index in [-0.39, 0.29) is 22.4 Å². The Morgan fingerprint density at radius 2 is 1.45 bits per heavy atom. The van der Waals surface area contributed by atoms with Crippen LogP contribution in [0.1, 0.15) is 42.3 Å². The number of benzene rings is 2. The Morgan fingerprint density at radius 3 is 1.94 bits per heavy atom. The lowest BCUT2D eigenvalue weighted by molar-refractivity contribution is -0.159. The minimum absolute atomic E-state index is 0.0409. The summed E-state index contributed by atoms with van der Waals surface area (Å²) in [7, 11) is 0. The topological polar surface area (TPSA) is 64.6 Å². The van der Waals surface area contributed by atoms with Crippen LogP contribution in [-0.2, 0) is 21.9 Å². The van der Waals surface area contributed by atoms with Gasteiger partial charge in [-0.05, 0) is 57.2 Å². The first-order valence-electron chi connectivity index (χ1n) is 9.19. The quantitative estimate of drug-likeness (QED) is 0.289. The van der Waals surface area contributed by atoms with Crippen LogP contribution in [-0.4, -0.2) is 18.7 Å². The molecular formula is C21H18ClF6NO4. The van der Waals surface area contributed by atoms with Crippen molar-refractivity contribution in [2.75, 3.05) is 12.1 Å². The predicted octanol–water partition coefficient (Wildman–Crippen LogP) is 6.56. The number of rotatable bonds is 5. The molecular weight excluding hydrogens is 480 g/mol. The van der Waals surface area contributed by atoms with Crippen LogP contribution in [0.5, 0.6) is 5.75 Å². The second-order valence-corrected chi connectivity index (χ2v) is 8.27. The van der Waals surface area contributed by atoms with Crippen LogP contribution >= 0.6 is 11.6 Å². The lowest BCUT2D eigenvalue weighted by atomic mass is 9.98.